The quantitative estimate of drug-likeness (QED) is 0.0261. The van der Waals surface area contributed by atoms with Gasteiger partial charge in [-0.15, -0.1) is 0 Å². The summed E-state index contributed by atoms with van der Waals surface area (Å²) in [7, 11) is 0. The van der Waals surface area contributed by atoms with E-state index in [1.807, 2.05) is 0 Å². The average Bonchev–Trinajstić information content (AvgIpc) is 3.43. The smallest absolute Gasteiger partial charge is 0.306 e. The summed E-state index contributed by atoms with van der Waals surface area (Å²) in [6, 6.07) is 0. The number of carbonyl (C=O) groups excluding carboxylic acids is 3. The highest BCUT2D eigenvalue weighted by atomic mass is 16.6. The number of allylic oxidation sites excluding steroid dienone is 10. The van der Waals surface area contributed by atoms with E-state index in [4.69, 9.17) is 14.2 Å². The normalized spacial score (nSPS) is 12.4. The van der Waals surface area contributed by atoms with E-state index >= 15 is 0 Å². The van der Waals surface area contributed by atoms with Crippen LogP contribution in [0.1, 0.15) is 355 Å². The minimum absolute atomic E-state index is 0.0775. The Morgan fingerprint density at radius 1 is 0.260 bits per heavy atom. The molecule has 0 saturated carbocycles. The van der Waals surface area contributed by atoms with Crippen LogP contribution in [0.3, 0.4) is 0 Å². The Labute approximate surface area is 479 Å². The molecule has 0 aliphatic heterocycles. The van der Waals surface area contributed by atoms with Gasteiger partial charge in [-0.2, -0.15) is 0 Å². The lowest BCUT2D eigenvalue weighted by atomic mass is 10.0. The van der Waals surface area contributed by atoms with Crippen molar-refractivity contribution in [1.82, 2.24) is 0 Å². The molecule has 0 N–H and O–H groups in total. The molecule has 0 aliphatic rings. The van der Waals surface area contributed by atoms with Gasteiger partial charge in [0.15, 0.2) is 6.10 Å². The maximum atomic E-state index is 12.9. The summed E-state index contributed by atoms with van der Waals surface area (Å²) in [5.41, 5.74) is 0. The second-order valence-electron chi connectivity index (χ2n) is 22.7. The van der Waals surface area contributed by atoms with Gasteiger partial charge in [-0.25, -0.2) is 0 Å². The molecule has 0 fully saturated rings. The van der Waals surface area contributed by atoms with Crippen molar-refractivity contribution >= 4 is 17.9 Å². The molecule has 6 heteroatoms. The Bertz CT molecular complexity index is 1380. The van der Waals surface area contributed by atoms with Crippen molar-refractivity contribution in [3.63, 3.8) is 0 Å². The van der Waals surface area contributed by atoms with E-state index in [1.54, 1.807) is 0 Å². The minimum Gasteiger partial charge on any atom is -0.462 e. The zero-order chi connectivity index (χ0) is 55.7. The third-order valence-electron chi connectivity index (χ3n) is 15.0. The number of rotatable bonds is 62. The molecule has 0 heterocycles. The van der Waals surface area contributed by atoms with E-state index in [1.165, 1.54) is 231 Å². The van der Waals surface area contributed by atoms with Gasteiger partial charge in [-0.3, -0.25) is 14.4 Å². The molecular weight excluding hydrogens is 949 g/mol. The van der Waals surface area contributed by atoms with Crippen LogP contribution in [0.25, 0.3) is 0 Å². The molecule has 77 heavy (non-hydrogen) atoms. The number of ether oxygens (including phenoxy) is 3. The molecule has 448 valence electrons. The number of unbranched alkanes of at least 4 members (excludes halogenated alkanes) is 41. The first-order valence-electron chi connectivity index (χ1n) is 33.8. The molecular formula is C71H128O6. The Morgan fingerprint density at radius 3 is 0.753 bits per heavy atom. The highest BCUT2D eigenvalue weighted by Gasteiger charge is 2.19. The molecule has 0 bridgehead atoms. The minimum atomic E-state index is -0.782. The van der Waals surface area contributed by atoms with Gasteiger partial charge in [-0.05, 0) is 109 Å². The summed E-state index contributed by atoms with van der Waals surface area (Å²) in [5, 5.41) is 0. The topological polar surface area (TPSA) is 78.9 Å². The first-order valence-corrected chi connectivity index (χ1v) is 33.8. The van der Waals surface area contributed by atoms with Crippen molar-refractivity contribution in [2.24, 2.45) is 0 Å². The molecule has 1 atom stereocenters. The van der Waals surface area contributed by atoms with Gasteiger partial charge >= 0.3 is 17.9 Å². The predicted molar refractivity (Wildman–Crippen MR) is 335 cm³/mol. The van der Waals surface area contributed by atoms with Crippen molar-refractivity contribution in [1.29, 1.82) is 0 Å². The second kappa shape index (κ2) is 65.6. The van der Waals surface area contributed by atoms with Crippen LogP contribution in [0, 0.1) is 0 Å². The lowest BCUT2D eigenvalue weighted by molar-refractivity contribution is -0.167. The molecule has 0 rings (SSSR count). The molecule has 0 aromatic carbocycles. The average molecular weight is 1080 g/mol. The van der Waals surface area contributed by atoms with Gasteiger partial charge in [0.05, 0.1) is 0 Å². The van der Waals surface area contributed by atoms with Crippen LogP contribution in [0.5, 0.6) is 0 Å². The highest BCUT2D eigenvalue weighted by molar-refractivity contribution is 5.71. The Kier molecular flexibility index (Phi) is 63.2. The summed E-state index contributed by atoms with van der Waals surface area (Å²) in [5.74, 6) is -0.875. The molecule has 0 spiro atoms. The molecule has 0 aromatic heterocycles. The molecule has 0 aliphatic carbocycles. The van der Waals surface area contributed by atoms with Crippen molar-refractivity contribution < 1.29 is 28.6 Å². The van der Waals surface area contributed by atoms with Crippen molar-refractivity contribution in [3.8, 4) is 0 Å². The standard InChI is InChI=1S/C71H128O6/c1-4-7-10-13-16-19-22-25-28-30-31-32-33-34-35-36-37-38-39-41-43-46-49-52-55-58-61-64-70(73)76-67-68(66-75-69(72)63-60-57-54-51-48-45-42-27-24-21-18-15-12-9-6-3)77-71(74)65-62-59-56-53-50-47-44-40-29-26-23-20-17-14-11-8-5-2/h17,20,22,25-27,29-31,42,68H,4-16,18-19,21,23-24,28,32-41,43-67H2,1-3H3/b20-17-,25-22-,29-26-,31-30-,42-27-. The predicted octanol–water partition coefficient (Wildman–Crippen LogP) is 23.1. The fraction of sp³-hybridized carbons (Fsp3) is 0.817. The summed E-state index contributed by atoms with van der Waals surface area (Å²) in [4.78, 5) is 38.4. The summed E-state index contributed by atoms with van der Waals surface area (Å²) in [6.45, 7) is 6.63. The fourth-order valence-electron chi connectivity index (χ4n) is 9.85. The molecule has 0 saturated heterocycles. The van der Waals surface area contributed by atoms with Gasteiger partial charge < -0.3 is 14.2 Å². The van der Waals surface area contributed by atoms with E-state index in [9.17, 15) is 14.4 Å². The summed E-state index contributed by atoms with van der Waals surface area (Å²) in [6.07, 6.45) is 83.8. The van der Waals surface area contributed by atoms with Crippen LogP contribution < -0.4 is 0 Å². The Balaban J connectivity index is 4.27. The second-order valence-corrected chi connectivity index (χ2v) is 22.7. The third kappa shape index (κ3) is 63.8. The molecule has 0 amide bonds. The number of esters is 3. The van der Waals surface area contributed by atoms with Crippen molar-refractivity contribution in [2.75, 3.05) is 13.2 Å². The van der Waals surface area contributed by atoms with Crippen LogP contribution in [0.2, 0.25) is 0 Å². The zero-order valence-corrected chi connectivity index (χ0v) is 51.5. The monoisotopic (exact) mass is 1080 g/mol. The molecule has 1 unspecified atom stereocenters. The SMILES string of the molecule is CCCCC/C=C\C/C=C\CCCCCCCCCC(=O)OC(COC(=O)CCCCCCC/C=C\CCCCCCCC)COC(=O)CCCCCCCCCCCCCCCCC/C=C\C/C=C\CCCCCCC. The van der Waals surface area contributed by atoms with E-state index < -0.39 is 6.10 Å². The third-order valence-corrected chi connectivity index (χ3v) is 15.0. The molecule has 0 aromatic rings. The van der Waals surface area contributed by atoms with E-state index in [0.717, 1.165) is 83.5 Å². The van der Waals surface area contributed by atoms with Gasteiger partial charge in [0.2, 0.25) is 0 Å². The number of hydrogen-bond acceptors (Lipinski definition) is 6. The lowest BCUT2D eigenvalue weighted by Crippen LogP contribution is -2.30. The zero-order valence-electron chi connectivity index (χ0n) is 51.5. The number of hydrogen-bond donors (Lipinski definition) is 0. The van der Waals surface area contributed by atoms with Crippen LogP contribution in [0.4, 0.5) is 0 Å². The van der Waals surface area contributed by atoms with Crippen molar-refractivity contribution in [3.05, 3.63) is 60.8 Å². The highest BCUT2D eigenvalue weighted by Crippen LogP contribution is 2.17. The fourth-order valence-corrected chi connectivity index (χ4v) is 9.85. The van der Waals surface area contributed by atoms with Gasteiger partial charge in [-0.1, -0.05) is 287 Å². The van der Waals surface area contributed by atoms with E-state index in [2.05, 4.69) is 81.5 Å². The van der Waals surface area contributed by atoms with E-state index in [0.29, 0.717) is 19.3 Å². The maximum Gasteiger partial charge on any atom is 0.306 e. The van der Waals surface area contributed by atoms with Crippen LogP contribution >= 0.6 is 0 Å². The Morgan fingerprint density at radius 2 is 0.468 bits per heavy atom. The van der Waals surface area contributed by atoms with Crippen molar-refractivity contribution in [2.45, 2.75) is 361 Å². The molecule has 6 nitrogen and oxygen atoms in total. The van der Waals surface area contributed by atoms with Gasteiger partial charge in [0, 0.05) is 19.3 Å². The summed E-state index contributed by atoms with van der Waals surface area (Å²) < 4.78 is 17.0. The van der Waals surface area contributed by atoms with E-state index in [-0.39, 0.29) is 31.1 Å². The first kappa shape index (κ1) is 74.1. The largest absolute Gasteiger partial charge is 0.462 e. The van der Waals surface area contributed by atoms with Gasteiger partial charge in [0.1, 0.15) is 13.2 Å². The van der Waals surface area contributed by atoms with Crippen LogP contribution in [0.15, 0.2) is 60.8 Å². The maximum absolute atomic E-state index is 12.9. The number of carbonyl (C=O) groups is 3. The first-order chi connectivity index (χ1) is 38.0. The van der Waals surface area contributed by atoms with Crippen LogP contribution in [-0.2, 0) is 28.6 Å². The van der Waals surface area contributed by atoms with Gasteiger partial charge in [0.25, 0.3) is 0 Å². The molecule has 0 radical (unpaired) electrons. The Hall–Kier alpha value is -2.89. The lowest BCUT2D eigenvalue weighted by Gasteiger charge is -2.18. The van der Waals surface area contributed by atoms with Crippen LogP contribution in [-0.4, -0.2) is 37.2 Å². The summed E-state index contributed by atoms with van der Waals surface area (Å²) >= 11 is 0.